The molecule has 2 N–H and O–H groups in total. The van der Waals surface area contributed by atoms with E-state index in [2.05, 4.69) is 5.32 Å². The molecule has 0 aliphatic carbocycles. The van der Waals surface area contributed by atoms with Crippen LogP contribution in [0.4, 0.5) is 10.1 Å². The maximum absolute atomic E-state index is 13.8. The number of benzene rings is 2. The molecular formula is C16H18FNO2. The molecule has 0 bridgehead atoms. The predicted octanol–water partition coefficient (Wildman–Crippen LogP) is 4.02. The fourth-order valence-corrected chi connectivity index (χ4v) is 2.07. The van der Waals surface area contributed by atoms with Gasteiger partial charge in [-0.25, -0.2) is 4.39 Å². The van der Waals surface area contributed by atoms with E-state index in [1.807, 2.05) is 26.0 Å². The minimum Gasteiger partial charge on any atom is -0.508 e. The quantitative estimate of drug-likeness (QED) is 0.885. The van der Waals surface area contributed by atoms with Gasteiger partial charge in [0.2, 0.25) is 0 Å². The smallest absolute Gasteiger partial charge is 0.146 e. The van der Waals surface area contributed by atoms with Crippen LogP contribution in [0.3, 0.4) is 0 Å². The van der Waals surface area contributed by atoms with Crippen molar-refractivity contribution < 1.29 is 14.2 Å². The monoisotopic (exact) mass is 275 g/mol. The zero-order valence-electron chi connectivity index (χ0n) is 11.8. The number of phenolic OH excluding ortho intramolecular Hbond substituents is 1. The van der Waals surface area contributed by atoms with Crippen molar-refractivity contribution in [2.75, 3.05) is 12.4 Å². The highest BCUT2D eigenvalue weighted by molar-refractivity contribution is 5.52. The molecule has 0 aliphatic heterocycles. The SMILES string of the molecule is COc1ccc(F)c(NC(C)c2ccc(C)cc2O)c1. The molecule has 1 unspecified atom stereocenters. The third-order valence-electron chi connectivity index (χ3n) is 3.20. The van der Waals surface area contributed by atoms with E-state index < -0.39 is 0 Å². The van der Waals surface area contributed by atoms with Gasteiger partial charge in [0.1, 0.15) is 17.3 Å². The van der Waals surface area contributed by atoms with Crippen molar-refractivity contribution in [1.82, 2.24) is 0 Å². The number of halogens is 1. The van der Waals surface area contributed by atoms with Crippen molar-refractivity contribution in [3.05, 3.63) is 53.3 Å². The third-order valence-corrected chi connectivity index (χ3v) is 3.20. The van der Waals surface area contributed by atoms with Crippen LogP contribution in [0.5, 0.6) is 11.5 Å². The highest BCUT2D eigenvalue weighted by Gasteiger charge is 2.13. The van der Waals surface area contributed by atoms with Crippen LogP contribution < -0.4 is 10.1 Å². The largest absolute Gasteiger partial charge is 0.508 e. The van der Waals surface area contributed by atoms with Crippen LogP contribution in [0.15, 0.2) is 36.4 Å². The molecule has 0 saturated heterocycles. The molecule has 0 amide bonds. The topological polar surface area (TPSA) is 41.5 Å². The van der Waals surface area contributed by atoms with E-state index in [1.54, 1.807) is 18.2 Å². The lowest BCUT2D eigenvalue weighted by molar-refractivity contribution is 0.414. The number of phenols is 1. The molecule has 20 heavy (non-hydrogen) atoms. The van der Waals surface area contributed by atoms with Gasteiger partial charge in [-0.1, -0.05) is 12.1 Å². The zero-order chi connectivity index (χ0) is 14.7. The number of rotatable bonds is 4. The summed E-state index contributed by atoms with van der Waals surface area (Å²) in [5.41, 5.74) is 2.04. The Morgan fingerprint density at radius 1 is 1.20 bits per heavy atom. The number of methoxy groups -OCH3 is 1. The van der Waals surface area contributed by atoms with Gasteiger partial charge in [-0.3, -0.25) is 0 Å². The molecule has 0 heterocycles. The molecule has 2 rings (SSSR count). The van der Waals surface area contributed by atoms with Crippen molar-refractivity contribution in [2.45, 2.75) is 19.9 Å². The Bertz CT molecular complexity index is 613. The van der Waals surface area contributed by atoms with Gasteiger partial charge in [0.05, 0.1) is 18.8 Å². The van der Waals surface area contributed by atoms with Gasteiger partial charge in [-0.05, 0) is 37.6 Å². The number of aryl methyl sites for hydroxylation is 1. The molecule has 0 aliphatic rings. The van der Waals surface area contributed by atoms with Crippen LogP contribution in [-0.2, 0) is 0 Å². The number of anilines is 1. The molecule has 0 saturated carbocycles. The number of hydrogen-bond donors (Lipinski definition) is 2. The molecule has 2 aromatic rings. The van der Waals surface area contributed by atoms with Gasteiger partial charge in [0.25, 0.3) is 0 Å². The summed E-state index contributed by atoms with van der Waals surface area (Å²) >= 11 is 0. The van der Waals surface area contributed by atoms with E-state index in [4.69, 9.17) is 4.74 Å². The summed E-state index contributed by atoms with van der Waals surface area (Å²) in [6.45, 7) is 3.77. The summed E-state index contributed by atoms with van der Waals surface area (Å²) in [4.78, 5) is 0. The van der Waals surface area contributed by atoms with Crippen LogP contribution in [-0.4, -0.2) is 12.2 Å². The summed E-state index contributed by atoms with van der Waals surface area (Å²) in [6.07, 6.45) is 0. The average molecular weight is 275 g/mol. The van der Waals surface area contributed by atoms with Gasteiger partial charge in [0.15, 0.2) is 0 Å². The molecule has 0 fully saturated rings. The molecule has 4 heteroatoms. The zero-order valence-corrected chi connectivity index (χ0v) is 11.8. The Morgan fingerprint density at radius 2 is 1.95 bits per heavy atom. The van der Waals surface area contributed by atoms with Gasteiger partial charge in [-0.15, -0.1) is 0 Å². The lowest BCUT2D eigenvalue weighted by Crippen LogP contribution is -2.08. The van der Waals surface area contributed by atoms with E-state index in [0.717, 1.165) is 11.1 Å². The van der Waals surface area contributed by atoms with E-state index >= 15 is 0 Å². The van der Waals surface area contributed by atoms with Crippen LogP contribution in [0.2, 0.25) is 0 Å². The molecular weight excluding hydrogens is 257 g/mol. The second-order valence-corrected chi connectivity index (χ2v) is 4.77. The van der Waals surface area contributed by atoms with Crippen LogP contribution in [0, 0.1) is 12.7 Å². The minimum absolute atomic E-state index is 0.202. The summed E-state index contributed by atoms with van der Waals surface area (Å²) in [5.74, 6) is 0.423. The van der Waals surface area contributed by atoms with E-state index in [1.165, 1.54) is 13.2 Å². The fraction of sp³-hybridized carbons (Fsp3) is 0.250. The van der Waals surface area contributed by atoms with Crippen LogP contribution in [0.25, 0.3) is 0 Å². The summed E-state index contributed by atoms with van der Waals surface area (Å²) in [7, 11) is 1.53. The Balaban J connectivity index is 2.25. The molecule has 2 aromatic carbocycles. The normalized spacial score (nSPS) is 12.0. The van der Waals surface area contributed by atoms with Crippen LogP contribution >= 0.6 is 0 Å². The summed E-state index contributed by atoms with van der Waals surface area (Å²) in [6, 6.07) is 9.72. The van der Waals surface area contributed by atoms with Crippen molar-refractivity contribution in [3.63, 3.8) is 0 Å². The Kier molecular flexibility index (Phi) is 4.13. The lowest BCUT2D eigenvalue weighted by Gasteiger charge is -2.18. The number of aromatic hydroxyl groups is 1. The van der Waals surface area contributed by atoms with Gasteiger partial charge in [-0.2, -0.15) is 0 Å². The Labute approximate surface area is 118 Å². The molecule has 0 spiro atoms. The van der Waals surface area contributed by atoms with Crippen molar-refractivity contribution >= 4 is 5.69 Å². The molecule has 0 radical (unpaired) electrons. The first-order valence-electron chi connectivity index (χ1n) is 6.41. The number of ether oxygens (including phenoxy) is 1. The van der Waals surface area contributed by atoms with Gasteiger partial charge in [0, 0.05) is 11.6 Å². The highest BCUT2D eigenvalue weighted by Crippen LogP contribution is 2.30. The fourth-order valence-electron chi connectivity index (χ4n) is 2.07. The van der Waals surface area contributed by atoms with Crippen molar-refractivity contribution in [3.8, 4) is 11.5 Å². The molecule has 0 aromatic heterocycles. The first-order valence-corrected chi connectivity index (χ1v) is 6.41. The highest BCUT2D eigenvalue weighted by atomic mass is 19.1. The maximum Gasteiger partial charge on any atom is 0.146 e. The summed E-state index contributed by atoms with van der Waals surface area (Å²) in [5, 5.41) is 13.0. The standard InChI is InChI=1S/C16H18FNO2/c1-10-4-6-13(16(19)8-10)11(2)18-15-9-12(20-3)5-7-14(15)17/h4-9,11,18-19H,1-3H3. The molecule has 1 atom stereocenters. The van der Waals surface area contributed by atoms with Gasteiger partial charge < -0.3 is 15.2 Å². The number of nitrogens with one attached hydrogen (secondary N) is 1. The number of hydrogen-bond acceptors (Lipinski definition) is 3. The maximum atomic E-state index is 13.8. The average Bonchev–Trinajstić information content (AvgIpc) is 2.41. The van der Waals surface area contributed by atoms with E-state index in [-0.39, 0.29) is 17.6 Å². The van der Waals surface area contributed by atoms with Crippen molar-refractivity contribution in [1.29, 1.82) is 0 Å². The minimum atomic E-state index is -0.357. The second-order valence-electron chi connectivity index (χ2n) is 4.77. The molecule has 3 nitrogen and oxygen atoms in total. The molecule has 106 valence electrons. The third kappa shape index (κ3) is 3.02. The lowest BCUT2D eigenvalue weighted by atomic mass is 10.0. The van der Waals surface area contributed by atoms with Crippen molar-refractivity contribution in [2.24, 2.45) is 0 Å². The predicted molar refractivity (Wildman–Crippen MR) is 77.8 cm³/mol. The van der Waals surface area contributed by atoms with E-state index in [9.17, 15) is 9.50 Å². The second kappa shape index (κ2) is 5.82. The Morgan fingerprint density at radius 3 is 2.60 bits per heavy atom. The first kappa shape index (κ1) is 14.2. The summed E-state index contributed by atoms with van der Waals surface area (Å²) < 4.78 is 18.8. The van der Waals surface area contributed by atoms with Gasteiger partial charge >= 0.3 is 0 Å². The van der Waals surface area contributed by atoms with E-state index in [0.29, 0.717) is 11.4 Å². The Hall–Kier alpha value is -2.23. The first-order chi connectivity index (χ1) is 9.51. The van der Waals surface area contributed by atoms with Crippen LogP contribution in [0.1, 0.15) is 24.1 Å².